The third kappa shape index (κ3) is 3.17. The molecule has 2 aromatic carbocycles. The first-order chi connectivity index (χ1) is 8.67. The first-order valence-corrected chi connectivity index (χ1v) is 5.74. The summed E-state index contributed by atoms with van der Waals surface area (Å²) in [5.74, 6) is 1.30. The van der Waals surface area contributed by atoms with E-state index >= 15 is 0 Å². The fraction of sp³-hybridized carbons (Fsp3) is 0.200. The second-order valence-corrected chi connectivity index (χ2v) is 4.14. The normalized spacial score (nSPS) is 10.1. The second kappa shape index (κ2) is 5.45. The van der Waals surface area contributed by atoms with Crippen molar-refractivity contribution in [1.82, 2.24) is 0 Å². The van der Waals surface area contributed by atoms with Crippen LogP contribution in [0.5, 0.6) is 17.2 Å². The number of phenols is 1. The molecule has 3 heteroatoms. The molecule has 0 aliphatic heterocycles. The monoisotopic (exact) mass is 244 g/mol. The third-order valence-electron chi connectivity index (χ3n) is 2.59. The van der Waals surface area contributed by atoms with E-state index in [0.29, 0.717) is 18.1 Å². The zero-order valence-electron chi connectivity index (χ0n) is 10.5. The van der Waals surface area contributed by atoms with E-state index in [4.69, 9.17) is 9.47 Å². The number of benzene rings is 2. The number of hydrogen-bond acceptors (Lipinski definition) is 3. The van der Waals surface area contributed by atoms with E-state index in [-0.39, 0.29) is 5.75 Å². The summed E-state index contributed by atoms with van der Waals surface area (Å²) < 4.78 is 10.7. The van der Waals surface area contributed by atoms with Crippen molar-refractivity contribution in [2.75, 3.05) is 7.11 Å². The van der Waals surface area contributed by atoms with Crippen molar-refractivity contribution >= 4 is 0 Å². The van der Waals surface area contributed by atoms with E-state index in [0.717, 1.165) is 5.56 Å². The standard InChI is InChI=1S/C15H16O3/c1-11-4-3-5-12(6-11)10-18-15-8-13(16)7-14(9-15)17-2/h3-9,16H,10H2,1-2H3. The Morgan fingerprint density at radius 3 is 2.56 bits per heavy atom. The largest absolute Gasteiger partial charge is 0.508 e. The van der Waals surface area contributed by atoms with Crippen molar-refractivity contribution in [3.8, 4) is 17.2 Å². The van der Waals surface area contributed by atoms with Gasteiger partial charge in [-0.2, -0.15) is 0 Å². The minimum atomic E-state index is 0.133. The lowest BCUT2D eigenvalue weighted by atomic mass is 10.1. The number of phenolic OH excluding ortho intramolecular Hbond substituents is 1. The molecule has 0 radical (unpaired) electrons. The fourth-order valence-electron chi connectivity index (χ4n) is 1.73. The van der Waals surface area contributed by atoms with Crippen LogP contribution in [0.25, 0.3) is 0 Å². The number of hydrogen-bond donors (Lipinski definition) is 1. The van der Waals surface area contributed by atoms with Crippen LogP contribution in [-0.2, 0) is 6.61 Å². The van der Waals surface area contributed by atoms with Gasteiger partial charge in [0.15, 0.2) is 0 Å². The van der Waals surface area contributed by atoms with Gasteiger partial charge in [0.05, 0.1) is 7.11 Å². The summed E-state index contributed by atoms with van der Waals surface area (Å²) in [5, 5.41) is 9.51. The zero-order chi connectivity index (χ0) is 13.0. The number of methoxy groups -OCH3 is 1. The van der Waals surface area contributed by atoms with Crippen LogP contribution >= 0.6 is 0 Å². The van der Waals surface area contributed by atoms with Gasteiger partial charge in [-0.15, -0.1) is 0 Å². The molecule has 0 unspecified atom stereocenters. The second-order valence-electron chi connectivity index (χ2n) is 4.14. The average molecular weight is 244 g/mol. The molecule has 0 aromatic heterocycles. The summed E-state index contributed by atoms with van der Waals surface area (Å²) >= 11 is 0. The molecule has 94 valence electrons. The molecule has 0 spiro atoms. The van der Waals surface area contributed by atoms with Crippen molar-refractivity contribution in [1.29, 1.82) is 0 Å². The Kier molecular flexibility index (Phi) is 3.72. The van der Waals surface area contributed by atoms with Crippen LogP contribution < -0.4 is 9.47 Å². The topological polar surface area (TPSA) is 38.7 Å². The minimum absolute atomic E-state index is 0.133. The van der Waals surface area contributed by atoms with E-state index in [2.05, 4.69) is 6.07 Å². The van der Waals surface area contributed by atoms with Crippen LogP contribution in [0.1, 0.15) is 11.1 Å². The van der Waals surface area contributed by atoms with Crippen molar-refractivity contribution in [2.24, 2.45) is 0 Å². The van der Waals surface area contributed by atoms with Crippen LogP contribution in [0.3, 0.4) is 0 Å². The zero-order valence-corrected chi connectivity index (χ0v) is 10.5. The molecule has 0 heterocycles. The van der Waals surface area contributed by atoms with Gasteiger partial charge in [-0.25, -0.2) is 0 Å². The van der Waals surface area contributed by atoms with E-state index in [1.54, 1.807) is 25.3 Å². The SMILES string of the molecule is COc1cc(O)cc(OCc2cccc(C)c2)c1. The molecular weight excluding hydrogens is 228 g/mol. The summed E-state index contributed by atoms with van der Waals surface area (Å²) in [6, 6.07) is 13.0. The molecule has 18 heavy (non-hydrogen) atoms. The van der Waals surface area contributed by atoms with Gasteiger partial charge < -0.3 is 14.6 Å². The summed E-state index contributed by atoms with van der Waals surface area (Å²) in [6.45, 7) is 2.51. The molecule has 1 N–H and O–H groups in total. The average Bonchev–Trinajstić information content (AvgIpc) is 2.36. The summed E-state index contributed by atoms with van der Waals surface area (Å²) in [6.07, 6.45) is 0. The maximum Gasteiger partial charge on any atom is 0.127 e. The van der Waals surface area contributed by atoms with Gasteiger partial charge in [0.2, 0.25) is 0 Å². The van der Waals surface area contributed by atoms with E-state index in [9.17, 15) is 5.11 Å². The molecule has 0 saturated carbocycles. The van der Waals surface area contributed by atoms with E-state index in [1.165, 1.54) is 5.56 Å². The molecule has 0 bridgehead atoms. The highest BCUT2D eigenvalue weighted by Crippen LogP contribution is 2.27. The predicted octanol–water partition coefficient (Wildman–Crippen LogP) is 3.29. The Bertz CT molecular complexity index is 535. The number of rotatable bonds is 4. The van der Waals surface area contributed by atoms with Crippen LogP contribution in [0.2, 0.25) is 0 Å². The van der Waals surface area contributed by atoms with Gasteiger partial charge in [0.1, 0.15) is 23.9 Å². The Balaban J connectivity index is 2.08. The third-order valence-corrected chi connectivity index (χ3v) is 2.59. The molecular formula is C15H16O3. The van der Waals surface area contributed by atoms with Gasteiger partial charge in [0, 0.05) is 18.2 Å². The van der Waals surface area contributed by atoms with Gasteiger partial charge in [-0.1, -0.05) is 29.8 Å². The first kappa shape index (κ1) is 12.3. The molecule has 0 aliphatic rings. The Hall–Kier alpha value is -2.16. The van der Waals surface area contributed by atoms with Crippen LogP contribution in [0.4, 0.5) is 0 Å². The first-order valence-electron chi connectivity index (χ1n) is 5.74. The minimum Gasteiger partial charge on any atom is -0.508 e. The van der Waals surface area contributed by atoms with Gasteiger partial charge in [-0.3, -0.25) is 0 Å². The summed E-state index contributed by atoms with van der Waals surface area (Å²) in [4.78, 5) is 0. The van der Waals surface area contributed by atoms with Crippen molar-refractivity contribution < 1.29 is 14.6 Å². The lowest BCUT2D eigenvalue weighted by molar-refractivity contribution is 0.301. The van der Waals surface area contributed by atoms with Crippen LogP contribution in [-0.4, -0.2) is 12.2 Å². The van der Waals surface area contributed by atoms with Crippen molar-refractivity contribution in [3.05, 3.63) is 53.6 Å². The van der Waals surface area contributed by atoms with Gasteiger partial charge in [-0.05, 0) is 12.5 Å². The molecule has 0 amide bonds. The predicted molar refractivity (Wildman–Crippen MR) is 70.2 cm³/mol. The fourth-order valence-corrected chi connectivity index (χ4v) is 1.73. The Morgan fingerprint density at radius 1 is 1.06 bits per heavy atom. The molecule has 3 nitrogen and oxygen atoms in total. The van der Waals surface area contributed by atoms with Crippen LogP contribution in [0.15, 0.2) is 42.5 Å². The lowest BCUT2D eigenvalue weighted by Gasteiger charge is -2.09. The lowest BCUT2D eigenvalue weighted by Crippen LogP contribution is -1.96. The summed E-state index contributed by atoms with van der Waals surface area (Å²) in [7, 11) is 1.55. The van der Waals surface area contributed by atoms with E-state index < -0.39 is 0 Å². The molecule has 0 atom stereocenters. The number of aryl methyl sites for hydroxylation is 1. The maximum atomic E-state index is 9.51. The number of ether oxygens (including phenoxy) is 2. The number of aromatic hydroxyl groups is 1. The van der Waals surface area contributed by atoms with Crippen molar-refractivity contribution in [3.63, 3.8) is 0 Å². The van der Waals surface area contributed by atoms with Gasteiger partial charge in [0.25, 0.3) is 0 Å². The maximum absolute atomic E-state index is 9.51. The summed E-state index contributed by atoms with van der Waals surface area (Å²) in [5.41, 5.74) is 2.29. The molecule has 2 rings (SSSR count). The quantitative estimate of drug-likeness (QED) is 0.897. The highest BCUT2D eigenvalue weighted by Gasteiger charge is 2.02. The highest BCUT2D eigenvalue weighted by atomic mass is 16.5. The Labute approximate surface area is 107 Å². The highest BCUT2D eigenvalue weighted by molar-refractivity contribution is 5.41. The van der Waals surface area contributed by atoms with Crippen molar-refractivity contribution in [2.45, 2.75) is 13.5 Å². The van der Waals surface area contributed by atoms with Gasteiger partial charge >= 0.3 is 0 Å². The van der Waals surface area contributed by atoms with E-state index in [1.807, 2.05) is 25.1 Å². The Morgan fingerprint density at radius 2 is 1.83 bits per heavy atom. The molecule has 0 saturated heterocycles. The van der Waals surface area contributed by atoms with Crippen LogP contribution in [0, 0.1) is 6.92 Å². The molecule has 0 aliphatic carbocycles. The smallest absolute Gasteiger partial charge is 0.127 e. The molecule has 2 aromatic rings. The molecule has 0 fully saturated rings.